The zero-order valence-corrected chi connectivity index (χ0v) is 12.1. The summed E-state index contributed by atoms with van der Waals surface area (Å²) in [5.74, 6) is 0.165. The molecule has 0 aliphatic carbocycles. The lowest BCUT2D eigenvalue weighted by atomic mass is 10.1. The third-order valence-corrected chi connectivity index (χ3v) is 3.40. The number of rotatable bonds is 3. The van der Waals surface area contributed by atoms with Crippen LogP contribution < -0.4 is 5.32 Å². The van der Waals surface area contributed by atoms with Crippen LogP contribution in [0.3, 0.4) is 0 Å². The van der Waals surface area contributed by atoms with E-state index < -0.39 is 0 Å². The molecule has 0 saturated carbocycles. The van der Waals surface area contributed by atoms with Gasteiger partial charge in [0.05, 0.1) is 6.42 Å². The molecule has 1 heterocycles. The van der Waals surface area contributed by atoms with Gasteiger partial charge in [-0.05, 0) is 30.5 Å². The molecule has 1 aliphatic rings. The summed E-state index contributed by atoms with van der Waals surface area (Å²) in [7, 11) is 3.38. The lowest BCUT2D eigenvalue weighted by molar-refractivity contribution is -0.129. The van der Waals surface area contributed by atoms with Gasteiger partial charge in [-0.3, -0.25) is 4.79 Å². The molecule has 5 nitrogen and oxygen atoms in total. The van der Waals surface area contributed by atoms with E-state index in [1.54, 1.807) is 14.1 Å². The van der Waals surface area contributed by atoms with Gasteiger partial charge in [0.15, 0.2) is 0 Å². The Labute approximate surface area is 119 Å². The molecular weight excluding hydrogens is 254 g/mol. The number of nitrogens with one attached hydrogen (secondary N) is 1. The fraction of sp³-hybridized carbons (Fsp3) is 0.467. The number of likely N-dealkylation sites (tertiary alicyclic amines) is 1. The highest BCUT2D eigenvalue weighted by atomic mass is 16.2. The number of anilines is 1. The maximum absolute atomic E-state index is 12.1. The minimum Gasteiger partial charge on any atom is -0.342 e. The molecule has 5 heteroatoms. The Hall–Kier alpha value is -2.04. The average molecular weight is 275 g/mol. The second kappa shape index (κ2) is 6.41. The topological polar surface area (TPSA) is 52.7 Å². The standard InChI is InChI=1S/C15H21N3O2/c1-17(2)15(20)16-13-7-5-6-12(10-13)11-14(19)18-8-3-4-9-18/h5-7,10H,3-4,8-9,11H2,1-2H3,(H,16,20). The Morgan fingerprint density at radius 3 is 2.60 bits per heavy atom. The molecule has 3 amide bonds. The molecule has 20 heavy (non-hydrogen) atoms. The van der Waals surface area contributed by atoms with Crippen molar-refractivity contribution in [2.45, 2.75) is 19.3 Å². The van der Waals surface area contributed by atoms with Crippen molar-refractivity contribution in [2.24, 2.45) is 0 Å². The Kier molecular flexibility index (Phi) is 4.61. The summed E-state index contributed by atoms with van der Waals surface area (Å²) in [6.45, 7) is 1.74. The van der Waals surface area contributed by atoms with E-state index >= 15 is 0 Å². The van der Waals surface area contributed by atoms with E-state index in [1.807, 2.05) is 29.2 Å². The van der Waals surface area contributed by atoms with Gasteiger partial charge in [-0.1, -0.05) is 12.1 Å². The van der Waals surface area contributed by atoms with Gasteiger partial charge in [0.2, 0.25) is 5.91 Å². The van der Waals surface area contributed by atoms with Crippen molar-refractivity contribution in [3.8, 4) is 0 Å². The Balaban J connectivity index is 1.98. The highest BCUT2D eigenvalue weighted by molar-refractivity contribution is 5.89. The third-order valence-electron chi connectivity index (χ3n) is 3.40. The smallest absolute Gasteiger partial charge is 0.321 e. The van der Waals surface area contributed by atoms with Crippen molar-refractivity contribution in [3.63, 3.8) is 0 Å². The number of hydrogen-bond donors (Lipinski definition) is 1. The Morgan fingerprint density at radius 1 is 1.25 bits per heavy atom. The zero-order chi connectivity index (χ0) is 14.5. The molecule has 0 bridgehead atoms. The van der Waals surface area contributed by atoms with Crippen molar-refractivity contribution in [1.82, 2.24) is 9.80 Å². The molecule has 1 N–H and O–H groups in total. The maximum atomic E-state index is 12.1. The summed E-state index contributed by atoms with van der Waals surface area (Å²) in [5.41, 5.74) is 1.65. The number of carbonyl (C=O) groups is 2. The molecule has 1 aromatic rings. The minimum atomic E-state index is -0.173. The van der Waals surface area contributed by atoms with E-state index in [4.69, 9.17) is 0 Å². The fourth-order valence-corrected chi connectivity index (χ4v) is 2.25. The average Bonchev–Trinajstić information content (AvgIpc) is 2.92. The third kappa shape index (κ3) is 3.73. The molecule has 0 spiro atoms. The molecule has 2 rings (SSSR count). The summed E-state index contributed by atoms with van der Waals surface area (Å²) in [4.78, 5) is 27.1. The molecule has 0 atom stereocenters. The minimum absolute atomic E-state index is 0.165. The summed E-state index contributed by atoms with van der Waals surface area (Å²) in [6, 6.07) is 7.28. The molecular formula is C15H21N3O2. The summed E-state index contributed by atoms with van der Waals surface area (Å²) >= 11 is 0. The second-order valence-electron chi connectivity index (χ2n) is 5.29. The van der Waals surface area contributed by atoms with Gasteiger partial charge in [-0.15, -0.1) is 0 Å². The molecule has 1 saturated heterocycles. The van der Waals surface area contributed by atoms with E-state index in [0.717, 1.165) is 37.2 Å². The molecule has 0 radical (unpaired) electrons. The highest BCUT2D eigenvalue weighted by Crippen LogP contribution is 2.14. The van der Waals surface area contributed by atoms with Gasteiger partial charge in [-0.25, -0.2) is 4.79 Å². The largest absolute Gasteiger partial charge is 0.342 e. The van der Waals surface area contributed by atoms with E-state index in [2.05, 4.69) is 5.32 Å². The van der Waals surface area contributed by atoms with Crippen molar-refractivity contribution < 1.29 is 9.59 Å². The SMILES string of the molecule is CN(C)C(=O)Nc1cccc(CC(=O)N2CCCC2)c1. The molecule has 0 aromatic heterocycles. The van der Waals surface area contributed by atoms with Crippen LogP contribution in [-0.4, -0.2) is 48.9 Å². The van der Waals surface area contributed by atoms with Gasteiger partial charge in [0.1, 0.15) is 0 Å². The number of carbonyl (C=O) groups excluding carboxylic acids is 2. The second-order valence-corrected chi connectivity index (χ2v) is 5.29. The van der Waals surface area contributed by atoms with Crippen molar-refractivity contribution in [2.75, 3.05) is 32.5 Å². The van der Waals surface area contributed by atoms with E-state index in [-0.39, 0.29) is 11.9 Å². The van der Waals surface area contributed by atoms with Crippen LogP contribution in [0.2, 0.25) is 0 Å². The van der Waals surface area contributed by atoms with E-state index in [0.29, 0.717) is 6.42 Å². The predicted octanol–water partition coefficient (Wildman–Crippen LogP) is 1.95. The van der Waals surface area contributed by atoms with Crippen LogP contribution in [0, 0.1) is 0 Å². The quantitative estimate of drug-likeness (QED) is 0.916. The van der Waals surface area contributed by atoms with Crippen molar-refractivity contribution >= 4 is 17.6 Å². The number of nitrogens with zero attached hydrogens (tertiary/aromatic N) is 2. The van der Waals surface area contributed by atoms with Crippen molar-refractivity contribution in [1.29, 1.82) is 0 Å². The highest BCUT2D eigenvalue weighted by Gasteiger charge is 2.18. The zero-order valence-electron chi connectivity index (χ0n) is 12.1. The van der Waals surface area contributed by atoms with Crippen LogP contribution in [0.25, 0.3) is 0 Å². The predicted molar refractivity (Wildman–Crippen MR) is 78.7 cm³/mol. The summed E-state index contributed by atoms with van der Waals surface area (Å²) in [5, 5.41) is 2.79. The molecule has 1 aromatic carbocycles. The van der Waals surface area contributed by atoms with Gasteiger partial charge >= 0.3 is 6.03 Å². The van der Waals surface area contributed by atoms with Crippen LogP contribution >= 0.6 is 0 Å². The molecule has 1 aliphatic heterocycles. The maximum Gasteiger partial charge on any atom is 0.321 e. The first-order valence-electron chi connectivity index (χ1n) is 6.91. The summed E-state index contributed by atoms with van der Waals surface area (Å²) < 4.78 is 0. The first kappa shape index (κ1) is 14.4. The van der Waals surface area contributed by atoms with Crippen molar-refractivity contribution in [3.05, 3.63) is 29.8 Å². The Morgan fingerprint density at radius 2 is 1.95 bits per heavy atom. The first-order valence-corrected chi connectivity index (χ1v) is 6.91. The van der Waals surface area contributed by atoms with Crippen LogP contribution in [0.1, 0.15) is 18.4 Å². The lowest BCUT2D eigenvalue weighted by Gasteiger charge is -2.16. The number of amides is 3. The summed E-state index contributed by atoms with van der Waals surface area (Å²) in [6.07, 6.45) is 2.60. The van der Waals surface area contributed by atoms with Crippen LogP contribution in [0.15, 0.2) is 24.3 Å². The normalized spacial score (nSPS) is 14.2. The molecule has 1 fully saturated rings. The van der Waals surface area contributed by atoms with E-state index in [1.165, 1.54) is 4.90 Å². The number of urea groups is 1. The van der Waals surface area contributed by atoms with E-state index in [9.17, 15) is 9.59 Å². The van der Waals surface area contributed by atoms with Gasteiger partial charge in [0.25, 0.3) is 0 Å². The molecule has 108 valence electrons. The monoisotopic (exact) mass is 275 g/mol. The first-order chi connectivity index (χ1) is 9.56. The number of benzene rings is 1. The van der Waals surface area contributed by atoms with Crippen LogP contribution in [0.5, 0.6) is 0 Å². The van der Waals surface area contributed by atoms with Gasteiger partial charge in [-0.2, -0.15) is 0 Å². The van der Waals surface area contributed by atoms with Crippen LogP contribution in [-0.2, 0) is 11.2 Å². The lowest BCUT2D eigenvalue weighted by Crippen LogP contribution is -2.29. The molecule has 0 unspecified atom stereocenters. The van der Waals surface area contributed by atoms with Crippen LogP contribution in [0.4, 0.5) is 10.5 Å². The van der Waals surface area contributed by atoms with Gasteiger partial charge in [0, 0.05) is 32.9 Å². The number of hydrogen-bond acceptors (Lipinski definition) is 2. The Bertz CT molecular complexity index is 494. The fourth-order valence-electron chi connectivity index (χ4n) is 2.25. The van der Waals surface area contributed by atoms with Gasteiger partial charge < -0.3 is 15.1 Å².